The van der Waals surface area contributed by atoms with Gasteiger partial charge in [0.25, 0.3) is 0 Å². The Hall–Kier alpha value is -2.34. The lowest BCUT2D eigenvalue weighted by Crippen LogP contribution is -2.07. The summed E-state index contributed by atoms with van der Waals surface area (Å²) in [5, 5.41) is 9.25. The number of rotatable bonds is 3. The molecular weight excluding hydrogens is 246 g/mol. The van der Waals surface area contributed by atoms with E-state index >= 15 is 0 Å². The van der Waals surface area contributed by atoms with Crippen molar-refractivity contribution in [3.63, 3.8) is 0 Å². The van der Waals surface area contributed by atoms with Gasteiger partial charge in [-0.15, -0.1) is 0 Å². The van der Waals surface area contributed by atoms with Gasteiger partial charge < -0.3 is 5.73 Å². The van der Waals surface area contributed by atoms with E-state index in [0.29, 0.717) is 17.3 Å². The summed E-state index contributed by atoms with van der Waals surface area (Å²) in [5.41, 5.74) is 10.9. The number of nitrogens with zero attached hydrogens (tertiary/aromatic N) is 2. The minimum atomic E-state index is 0.324. The largest absolute Gasteiger partial charge is 0.396 e. The van der Waals surface area contributed by atoms with Gasteiger partial charge in [0.05, 0.1) is 5.69 Å². The summed E-state index contributed by atoms with van der Waals surface area (Å²) in [6.07, 6.45) is 0.848. The second-order valence-corrected chi connectivity index (χ2v) is 5.40. The van der Waals surface area contributed by atoms with Gasteiger partial charge in [-0.2, -0.15) is 5.26 Å². The smallest absolute Gasteiger partial charge is 0.164 e. The van der Waals surface area contributed by atoms with E-state index in [1.807, 2.05) is 37.3 Å². The van der Waals surface area contributed by atoms with Crippen LogP contribution in [-0.4, -0.2) is 4.98 Å². The van der Waals surface area contributed by atoms with Crippen molar-refractivity contribution in [2.45, 2.75) is 27.2 Å². The topological polar surface area (TPSA) is 62.7 Å². The molecule has 1 heterocycles. The molecule has 2 rings (SSSR count). The maximum absolute atomic E-state index is 9.25. The molecule has 1 aromatic carbocycles. The highest BCUT2D eigenvalue weighted by Gasteiger charge is 2.16. The van der Waals surface area contributed by atoms with E-state index in [0.717, 1.165) is 28.8 Å². The molecule has 0 saturated carbocycles. The number of pyridine rings is 1. The van der Waals surface area contributed by atoms with Crippen LogP contribution in [0.4, 0.5) is 5.69 Å². The van der Waals surface area contributed by atoms with E-state index in [-0.39, 0.29) is 0 Å². The molecule has 0 unspecified atom stereocenters. The lowest BCUT2D eigenvalue weighted by molar-refractivity contribution is 0.632. The molecule has 0 radical (unpaired) electrons. The van der Waals surface area contributed by atoms with Gasteiger partial charge in [0.1, 0.15) is 6.07 Å². The van der Waals surface area contributed by atoms with Crippen molar-refractivity contribution in [1.82, 2.24) is 4.98 Å². The van der Waals surface area contributed by atoms with E-state index < -0.39 is 0 Å². The van der Waals surface area contributed by atoms with Crippen LogP contribution in [0.25, 0.3) is 11.1 Å². The second-order valence-electron chi connectivity index (χ2n) is 5.40. The molecule has 102 valence electrons. The quantitative estimate of drug-likeness (QED) is 0.920. The normalized spacial score (nSPS) is 10.6. The van der Waals surface area contributed by atoms with E-state index in [2.05, 4.69) is 24.9 Å². The van der Waals surface area contributed by atoms with Crippen LogP contribution in [0, 0.1) is 24.2 Å². The zero-order valence-electron chi connectivity index (χ0n) is 12.1. The lowest BCUT2D eigenvalue weighted by atomic mass is 9.94. The van der Waals surface area contributed by atoms with Gasteiger partial charge in [-0.3, -0.25) is 0 Å². The SMILES string of the molecule is Cc1c(CC(C)C)nc(C#N)c(N)c1-c1ccccc1. The molecule has 3 nitrogen and oxygen atoms in total. The Kier molecular flexibility index (Phi) is 4.05. The van der Waals surface area contributed by atoms with E-state index in [9.17, 15) is 5.26 Å². The highest BCUT2D eigenvalue weighted by Crippen LogP contribution is 2.33. The first-order valence-electron chi connectivity index (χ1n) is 6.79. The summed E-state index contributed by atoms with van der Waals surface area (Å²) in [5.74, 6) is 0.486. The first-order chi connectivity index (χ1) is 9.54. The van der Waals surface area contributed by atoms with Crippen molar-refractivity contribution < 1.29 is 0 Å². The Labute approximate surface area is 120 Å². The van der Waals surface area contributed by atoms with E-state index in [1.54, 1.807) is 0 Å². The first kappa shape index (κ1) is 14.1. The molecule has 0 bridgehead atoms. The summed E-state index contributed by atoms with van der Waals surface area (Å²) >= 11 is 0. The van der Waals surface area contributed by atoms with Gasteiger partial charge in [0.15, 0.2) is 5.69 Å². The highest BCUT2D eigenvalue weighted by molar-refractivity contribution is 5.82. The van der Waals surface area contributed by atoms with Gasteiger partial charge >= 0.3 is 0 Å². The number of hydrogen-bond donors (Lipinski definition) is 1. The number of nitrogens with two attached hydrogens (primary N) is 1. The Bertz CT molecular complexity index is 652. The molecule has 0 amide bonds. The second kappa shape index (κ2) is 5.75. The van der Waals surface area contributed by atoms with Crippen LogP contribution in [0.3, 0.4) is 0 Å². The molecule has 2 N–H and O–H groups in total. The Morgan fingerprint density at radius 1 is 1.25 bits per heavy atom. The number of nitrogen functional groups attached to an aromatic ring is 1. The van der Waals surface area contributed by atoms with Gasteiger partial charge in [0, 0.05) is 11.3 Å². The third kappa shape index (κ3) is 2.65. The molecule has 0 saturated heterocycles. The molecule has 20 heavy (non-hydrogen) atoms. The number of anilines is 1. The average Bonchev–Trinajstić information content (AvgIpc) is 2.43. The van der Waals surface area contributed by atoms with E-state index in [4.69, 9.17) is 5.73 Å². The Morgan fingerprint density at radius 2 is 1.90 bits per heavy atom. The number of aromatic nitrogens is 1. The van der Waals surface area contributed by atoms with Crippen LogP contribution < -0.4 is 5.73 Å². The number of benzene rings is 1. The maximum Gasteiger partial charge on any atom is 0.164 e. The molecule has 0 spiro atoms. The fraction of sp³-hybridized carbons (Fsp3) is 0.294. The van der Waals surface area contributed by atoms with Crippen molar-refractivity contribution in [2.75, 3.05) is 5.73 Å². The zero-order chi connectivity index (χ0) is 14.7. The van der Waals surface area contributed by atoms with Crippen LogP contribution in [0.1, 0.15) is 30.8 Å². The molecule has 0 atom stereocenters. The molecule has 0 aliphatic heterocycles. The fourth-order valence-corrected chi connectivity index (χ4v) is 2.39. The van der Waals surface area contributed by atoms with Crippen molar-refractivity contribution in [3.05, 3.63) is 47.3 Å². The van der Waals surface area contributed by atoms with Crippen LogP contribution in [0.5, 0.6) is 0 Å². The first-order valence-corrected chi connectivity index (χ1v) is 6.79. The van der Waals surface area contributed by atoms with Gasteiger partial charge in [-0.1, -0.05) is 44.2 Å². The maximum atomic E-state index is 9.25. The summed E-state index contributed by atoms with van der Waals surface area (Å²) in [7, 11) is 0. The molecule has 1 aromatic heterocycles. The standard InChI is InChI=1S/C17H19N3/c1-11(2)9-14-12(3)16(13-7-5-4-6-8-13)17(19)15(10-18)20-14/h4-8,11H,9,19H2,1-3H3. The molecule has 0 aliphatic carbocycles. The average molecular weight is 265 g/mol. The number of nitriles is 1. The summed E-state index contributed by atoms with van der Waals surface area (Å²) < 4.78 is 0. The molecule has 3 heteroatoms. The van der Waals surface area contributed by atoms with Gasteiger partial charge in [-0.05, 0) is 30.4 Å². The minimum Gasteiger partial charge on any atom is -0.396 e. The van der Waals surface area contributed by atoms with Crippen LogP contribution >= 0.6 is 0 Å². The highest BCUT2D eigenvalue weighted by atomic mass is 14.8. The van der Waals surface area contributed by atoms with Crippen molar-refractivity contribution in [2.24, 2.45) is 5.92 Å². The molecular formula is C17H19N3. The fourth-order valence-electron chi connectivity index (χ4n) is 2.39. The van der Waals surface area contributed by atoms with Crippen LogP contribution in [0.15, 0.2) is 30.3 Å². The minimum absolute atomic E-state index is 0.324. The molecule has 2 aromatic rings. The predicted molar refractivity (Wildman–Crippen MR) is 82.1 cm³/mol. The summed E-state index contributed by atoms with van der Waals surface area (Å²) in [4.78, 5) is 4.43. The molecule has 0 fully saturated rings. The zero-order valence-corrected chi connectivity index (χ0v) is 12.1. The van der Waals surface area contributed by atoms with Crippen LogP contribution in [-0.2, 0) is 6.42 Å². The lowest BCUT2D eigenvalue weighted by Gasteiger charge is -2.16. The molecule has 0 aliphatic rings. The monoisotopic (exact) mass is 265 g/mol. The predicted octanol–water partition coefficient (Wildman–Crippen LogP) is 3.71. The Balaban J connectivity index is 2.69. The van der Waals surface area contributed by atoms with Crippen molar-refractivity contribution in [1.29, 1.82) is 5.26 Å². The van der Waals surface area contributed by atoms with Gasteiger partial charge in [0.2, 0.25) is 0 Å². The number of hydrogen-bond acceptors (Lipinski definition) is 3. The van der Waals surface area contributed by atoms with Crippen molar-refractivity contribution in [3.8, 4) is 17.2 Å². The summed E-state index contributed by atoms with van der Waals surface area (Å²) in [6.45, 7) is 6.32. The third-order valence-electron chi connectivity index (χ3n) is 3.35. The van der Waals surface area contributed by atoms with Gasteiger partial charge in [-0.25, -0.2) is 4.98 Å². The summed E-state index contributed by atoms with van der Waals surface area (Å²) in [6, 6.07) is 12.1. The third-order valence-corrected chi connectivity index (χ3v) is 3.35. The van der Waals surface area contributed by atoms with Crippen molar-refractivity contribution >= 4 is 5.69 Å². The Morgan fingerprint density at radius 3 is 2.45 bits per heavy atom. The van der Waals surface area contributed by atoms with Crippen LogP contribution in [0.2, 0.25) is 0 Å². The van der Waals surface area contributed by atoms with E-state index in [1.165, 1.54) is 0 Å².